The average Bonchev–Trinajstić information content (AvgIpc) is 2.26. The first kappa shape index (κ1) is 8.75. The second-order valence-corrected chi connectivity index (χ2v) is 3.06. The Kier molecular flexibility index (Phi) is 2.45. The lowest BCUT2D eigenvalue weighted by molar-refractivity contribution is 1.35. The summed E-state index contributed by atoms with van der Waals surface area (Å²) in [5.41, 5.74) is 3.97. The number of nitrogens with one attached hydrogen (secondary N) is 1. The predicted molar refractivity (Wildman–Crippen MR) is 61.7 cm³/mol. The van der Waals surface area contributed by atoms with Crippen LogP contribution in [0.4, 0.5) is 5.69 Å². The van der Waals surface area contributed by atoms with Crippen molar-refractivity contribution < 1.29 is 0 Å². The largest absolute Gasteiger partial charge is 0.279 e. The highest BCUT2D eigenvalue weighted by Gasteiger charge is 1.93. The molecule has 0 aromatic heterocycles. The van der Waals surface area contributed by atoms with Crippen molar-refractivity contribution in [2.24, 2.45) is 5.10 Å². The Morgan fingerprint density at radius 1 is 1.07 bits per heavy atom. The van der Waals surface area contributed by atoms with Crippen LogP contribution in [0, 0.1) is 0 Å². The molecule has 2 heteroatoms. The fourth-order valence-electron chi connectivity index (χ4n) is 1.40. The third-order valence-electron chi connectivity index (χ3n) is 2.07. The fraction of sp³-hybridized carbons (Fsp3) is 0.0833. The number of anilines is 1. The van der Waals surface area contributed by atoms with Gasteiger partial charge in [0.1, 0.15) is 0 Å². The van der Waals surface area contributed by atoms with Crippen LogP contribution in [0.25, 0.3) is 10.8 Å². The normalized spacial score (nSPS) is 10.9. The molecule has 0 atom stereocenters. The molecule has 0 fully saturated rings. The molecule has 0 saturated carbocycles. The van der Waals surface area contributed by atoms with Gasteiger partial charge < -0.3 is 0 Å². The van der Waals surface area contributed by atoms with Gasteiger partial charge in [-0.15, -0.1) is 0 Å². The molecule has 0 aliphatic carbocycles. The Bertz CT molecular complexity index is 461. The zero-order valence-electron chi connectivity index (χ0n) is 8.07. The van der Waals surface area contributed by atoms with Crippen LogP contribution in [0.3, 0.4) is 0 Å². The monoisotopic (exact) mass is 184 g/mol. The first-order valence-corrected chi connectivity index (χ1v) is 4.62. The minimum absolute atomic E-state index is 1.02. The summed E-state index contributed by atoms with van der Waals surface area (Å²) in [6.07, 6.45) is 1.73. The summed E-state index contributed by atoms with van der Waals surface area (Å²) in [4.78, 5) is 0. The third-order valence-corrected chi connectivity index (χ3v) is 2.07. The zero-order valence-corrected chi connectivity index (χ0v) is 8.07. The second kappa shape index (κ2) is 3.92. The molecule has 14 heavy (non-hydrogen) atoms. The van der Waals surface area contributed by atoms with Crippen LogP contribution in [0.15, 0.2) is 47.6 Å². The number of hydrogen-bond donors (Lipinski definition) is 1. The van der Waals surface area contributed by atoms with Gasteiger partial charge in [0.2, 0.25) is 0 Å². The smallest absolute Gasteiger partial charge is 0.0568 e. The number of rotatable bonds is 2. The summed E-state index contributed by atoms with van der Waals surface area (Å²) in [5.74, 6) is 0. The van der Waals surface area contributed by atoms with E-state index in [-0.39, 0.29) is 0 Å². The number of benzene rings is 2. The van der Waals surface area contributed by atoms with Gasteiger partial charge in [-0.05, 0) is 29.8 Å². The van der Waals surface area contributed by atoms with Crippen LogP contribution < -0.4 is 5.43 Å². The summed E-state index contributed by atoms with van der Waals surface area (Å²) < 4.78 is 0. The Hall–Kier alpha value is -1.83. The van der Waals surface area contributed by atoms with E-state index in [1.165, 1.54) is 10.8 Å². The molecular formula is C12H12N2. The molecule has 0 radical (unpaired) electrons. The van der Waals surface area contributed by atoms with Crippen molar-refractivity contribution in [1.82, 2.24) is 0 Å². The number of nitrogens with zero attached hydrogens (tertiary/aromatic N) is 1. The second-order valence-electron chi connectivity index (χ2n) is 3.06. The maximum Gasteiger partial charge on any atom is 0.0568 e. The standard InChI is InChI=1S/C12H12N2/c1-2-13-14-12-8-7-10-5-3-4-6-11(10)9-12/h2-9,14H,1H3. The van der Waals surface area contributed by atoms with Crippen molar-refractivity contribution in [2.75, 3.05) is 5.43 Å². The van der Waals surface area contributed by atoms with Gasteiger partial charge in [-0.25, -0.2) is 0 Å². The lowest BCUT2D eigenvalue weighted by Crippen LogP contribution is -1.87. The summed E-state index contributed by atoms with van der Waals surface area (Å²) in [6.45, 7) is 1.88. The average molecular weight is 184 g/mol. The van der Waals surface area contributed by atoms with Gasteiger partial charge >= 0.3 is 0 Å². The zero-order chi connectivity index (χ0) is 9.80. The Morgan fingerprint density at radius 3 is 2.64 bits per heavy atom. The van der Waals surface area contributed by atoms with Crippen molar-refractivity contribution >= 4 is 22.7 Å². The molecule has 0 aliphatic heterocycles. The molecule has 1 N–H and O–H groups in total. The van der Waals surface area contributed by atoms with E-state index in [1.54, 1.807) is 6.21 Å². The van der Waals surface area contributed by atoms with Gasteiger partial charge in [-0.3, -0.25) is 5.43 Å². The van der Waals surface area contributed by atoms with Crippen molar-refractivity contribution in [1.29, 1.82) is 0 Å². The van der Waals surface area contributed by atoms with E-state index in [2.05, 4.69) is 34.8 Å². The van der Waals surface area contributed by atoms with Gasteiger partial charge in [0, 0.05) is 6.21 Å². The molecule has 0 aliphatic rings. The molecule has 0 amide bonds. The number of hydrogen-bond acceptors (Lipinski definition) is 2. The van der Waals surface area contributed by atoms with Crippen LogP contribution in [0.5, 0.6) is 0 Å². The highest BCUT2D eigenvalue weighted by molar-refractivity contribution is 5.85. The first-order chi connectivity index (χ1) is 6.90. The third kappa shape index (κ3) is 1.74. The molecule has 0 spiro atoms. The van der Waals surface area contributed by atoms with Crippen molar-refractivity contribution in [3.63, 3.8) is 0 Å². The van der Waals surface area contributed by atoms with Gasteiger partial charge in [-0.1, -0.05) is 30.3 Å². The van der Waals surface area contributed by atoms with E-state index in [0.29, 0.717) is 0 Å². The number of hydrazone groups is 1. The van der Waals surface area contributed by atoms with Crippen molar-refractivity contribution in [3.05, 3.63) is 42.5 Å². The van der Waals surface area contributed by atoms with E-state index in [1.807, 2.05) is 25.1 Å². The van der Waals surface area contributed by atoms with E-state index in [0.717, 1.165) is 5.69 Å². The van der Waals surface area contributed by atoms with Gasteiger partial charge in [0.25, 0.3) is 0 Å². The predicted octanol–water partition coefficient (Wildman–Crippen LogP) is 3.26. The van der Waals surface area contributed by atoms with Gasteiger partial charge in [0.15, 0.2) is 0 Å². The quantitative estimate of drug-likeness (QED) is 0.562. The summed E-state index contributed by atoms with van der Waals surface area (Å²) in [5, 5.41) is 6.45. The molecule has 0 saturated heterocycles. The topological polar surface area (TPSA) is 24.4 Å². The molecule has 2 aromatic carbocycles. The molecule has 70 valence electrons. The molecule has 2 aromatic rings. The van der Waals surface area contributed by atoms with Crippen molar-refractivity contribution in [3.8, 4) is 0 Å². The van der Waals surface area contributed by atoms with E-state index >= 15 is 0 Å². The van der Waals surface area contributed by atoms with Crippen molar-refractivity contribution in [2.45, 2.75) is 6.92 Å². The van der Waals surface area contributed by atoms with E-state index in [9.17, 15) is 0 Å². The molecule has 0 unspecified atom stereocenters. The summed E-state index contributed by atoms with van der Waals surface area (Å²) >= 11 is 0. The molecular weight excluding hydrogens is 172 g/mol. The van der Waals surface area contributed by atoms with Crippen LogP contribution in [-0.4, -0.2) is 6.21 Å². The minimum atomic E-state index is 1.02. The lowest BCUT2D eigenvalue weighted by Gasteiger charge is -2.01. The molecule has 2 rings (SSSR count). The van der Waals surface area contributed by atoms with Gasteiger partial charge in [0.05, 0.1) is 5.69 Å². The molecule has 0 bridgehead atoms. The number of fused-ring (bicyclic) bond motifs is 1. The van der Waals surface area contributed by atoms with Crippen LogP contribution in [0.2, 0.25) is 0 Å². The highest BCUT2D eigenvalue weighted by atomic mass is 15.3. The highest BCUT2D eigenvalue weighted by Crippen LogP contribution is 2.18. The lowest BCUT2D eigenvalue weighted by atomic mass is 10.1. The van der Waals surface area contributed by atoms with Gasteiger partial charge in [-0.2, -0.15) is 5.10 Å². The van der Waals surface area contributed by atoms with Crippen LogP contribution >= 0.6 is 0 Å². The van der Waals surface area contributed by atoms with Crippen LogP contribution in [-0.2, 0) is 0 Å². The summed E-state index contributed by atoms with van der Waals surface area (Å²) in [6, 6.07) is 14.5. The Balaban J connectivity index is 2.41. The van der Waals surface area contributed by atoms with E-state index < -0.39 is 0 Å². The SMILES string of the molecule is CC=NNc1ccc2ccccc2c1. The molecule has 2 nitrogen and oxygen atoms in total. The molecule has 0 heterocycles. The first-order valence-electron chi connectivity index (χ1n) is 4.62. The Labute approximate surface area is 83.3 Å². The van der Waals surface area contributed by atoms with E-state index in [4.69, 9.17) is 0 Å². The van der Waals surface area contributed by atoms with Crippen LogP contribution in [0.1, 0.15) is 6.92 Å². The minimum Gasteiger partial charge on any atom is -0.279 e. The fourth-order valence-corrected chi connectivity index (χ4v) is 1.40. The Morgan fingerprint density at radius 2 is 1.86 bits per heavy atom. The maximum absolute atomic E-state index is 3.97. The maximum atomic E-state index is 3.97. The summed E-state index contributed by atoms with van der Waals surface area (Å²) in [7, 11) is 0.